The number of hydrogen-bond acceptors (Lipinski definition) is 7. The molecule has 1 fully saturated rings. The van der Waals surface area contributed by atoms with Gasteiger partial charge in [0.15, 0.2) is 5.76 Å². The fraction of sp³-hybridized carbons (Fsp3) is 0.286. The van der Waals surface area contributed by atoms with E-state index in [9.17, 15) is 18.5 Å². The van der Waals surface area contributed by atoms with Gasteiger partial charge in [-0.15, -0.1) is 0 Å². The molecule has 0 unspecified atom stereocenters. The highest BCUT2D eigenvalue weighted by Crippen LogP contribution is 2.26. The van der Waals surface area contributed by atoms with Crippen LogP contribution in [-0.2, 0) is 16.6 Å². The Morgan fingerprint density at radius 3 is 2.48 bits per heavy atom. The van der Waals surface area contributed by atoms with Gasteiger partial charge in [0.05, 0.1) is 22.6 Å². The van der Waals surface area contributed by atoms with Gasteiger partial charge in [-0.05, 0) is 12.5 Å². The third kappa shape index (κ3) is 4.50. The van der Waals surface area contributed by atoms with Gasteiger partial charge in [0.25, 0.3) is 5.69 Å². The van der Waals surface area contributed by atoms with Crippen LogP contribution in [0.2, 0.25) is 0 Å². The van der Waals surface area contributed by atoms with Crippen LogP contribution in [0, 0.1) is 17.0 Å². The molecule has 0 atom stereocenters. The van der Waals surface area contributed by atoms with E-state index >= 15 is 0 Å². The SMILES string of the molecule is Cc1ccc([N+](=O)[O-])cc1S(=O)(=O)N1CCN(Cc2ncc(-c3ccccc3)o2)CC1. The van der Waals surface area contributed by atoms with E-state index in [2.05, 4.69) is 9.88 Å². The van der Waals surface area contributed by atoms with Gasteiger partial charge in [-0.3, -0.25) is 15.0 Å². The van der Waals surface area contributed by atoms with Crippen LogP contribution in [0.1, 0.15) is 11.5 Å². The van der Waals surface area contributed by atoms with Gasteiger partial charge >= 0.3 is 0 Å². The lowest BCUT2D eigenvalue weighted by molar-refractivity contribution is -0.385. The zero-order valence-corrected chi connectivity index (χ0v) is 17.8. The van der Waals surface area contributed by atoms with Crippen molar-refractivity contribution < 1.29 is 17.8 Å². The maximum absolute atomic E-state index is 13.1. The molecule has 3 aromatic rings. The molecule has 31 heavy (non-hydrogen) atoms. The Morgan fingerprint density at radius 2 is 1.81 bits per heavy atom. The van der Waals surface area contributed by atoms with E-state index in [0.29, 0.717) is 36.8 Å². The number of hydrogen-bond donors (Lipinski definition) is 0. The third-order valence-corrected chi connectivity index (χ3v) is 7.34. The monoisotopic (exact) mass is 442 g/mol. The highest BCUT2D eigenvalue weighted by molar-refractivity contribution is 7.89. The molecule has 1 saturated heterocycles. The molecule has 162 valence electrons. The lowest BCUT2D eigenvalue weighted by Gasteiger charge is -2.33. The summed E-state index contributed by atoms with van der Waals surface area (Å²) in [7, 11) is -3.81. The van der Waals surface area contributed by atoms with Crippen LogP contribution in [0.15, 0.2) is 64.0 Å². The molecule has 9 nitrogen and oxygen atoms in total. The number of nitro groups is 1. The van der Waals surface area contributed by atoms with Crippen LogP contribution in [0.4, 0.5) is 5.69 Å². The van der Waals surface area contributed by atoms with E-state index in [1.807, 2.05) is 30.3 Å². The minimum atomic E-state index is -3.81. The molecule has 10 heteroatoms. The number of aryl methyl sites for hydroxylation is 1. The van der Waals surface area contributed by atoms with E-state index < -0.39 is 14.9 Å². The molecule has 1 aliphatic heterocycles. The van der Waals surface area contributed by atoms with Gasteiger partial charge < -0.3 is 4.42 Å². The van der Waals surface area contributed by atoms with Gasteiger partial charge in [-0.1, -0.05) is 36.4 Å². The van der Waals surface area contributed by atoms with Crippen molar-refractivity contribution >= 4 is 15.7 Å². The van der Waals surface area contributed by atoms with Crippen molar-refractivity contribution in [3.8, 4) is 11.3 Å². The molecule has 0 radical (unpaired) electrons. The highest BCUT2D eigenvalue weighted by Gasteiger charge is 2.31. The van der Waals surface area contributed by atoms with Crippen molar-refractivity contribution in [3.63, 3.8) is 0 Å². The summed E-state index contributed by atoms with van der Waals surface area (Å²) in [5, 5.41) is 11.1. The highest BCUT2D eigenvalue weighted by atomic mass is 32.2. The molecule has 0 aliphatic carbocycles. The second kappa shape index (κ2) is 8.58. The van der Waals surface area contributed by atoms with Crippen LogP contribution in [0.5, 0.6) is 0 Å². The predicted octanol–water partition coefficient (Wildman–Crippen LogP) is 3.06. The first-order valence-electron chi connectivity index (χ1n) is 9.82. The predicted molar refractivity (Wildman–Crippen MR) is 114 cm³/mol. The first-order valence-corrected chi connectivity index (χ1v) is 11.3. The smallest absolute Gasteiger partial charge is 0.270 e. The summed E-state index contributed by atoms with van der Waals surface area (Å²) < 4.78 is 33.3. The summed E-state index contributed by atoms with van der Waals surface area (Å²) in [4.78, 5) is 16.9. The van der Waals surface area contributed by atoms with Crippen molar-refractivity contribution in [2.24, 2.45) is 0 Å². The van der Waals surface area contributed by atoms with Crippen molar-refractivity contribution in [3.05, 3.63) is 76.3 Å². The third-order valence-electron chi connectivity index (χ3n) is 5.30. The Kier molecular flexibility index (Phi) is 5.86. The number of sulfonamides is 1. The summed E-state index contributed by atoms with van der Waals surface area (Å²) in [6.07, 6.45) is 1.69. The minimum Gasteiger partial charge on any atom is -0.439 e. The molecular weight excluding hydrogens is 420 g/mol. The number of oxazole rings is 1. The van der Waals surface area contributed by atoms with Crippen LogP contribution in [-0.4, -0.2) is 53.7 Å². The number of benzene rings is 2. The number of nitro benzene ring substituents is 1. The Bertz CT molecular complexity index is 1190. The normalized spacial score (nSPS) is 15.8. The number of piperazine rings is 1. The zero-order chi connectivity index (χ0) is 22.0. The molecule has 2 aromatic carbocycles. The van der Waals surface area contributed by atoms with E-state index in [1.54, 1.807) is 13.1 Å². The number of nitrogens with zero attached hydrogens (tertiary/aromatic N) is 4. The Hall–Kier alpha value is -3.08. The molecule has 4 rings (SSSR count). The molecule has 0 amide bonds. The summed E-state index contributed by atoms with van der Waals surface area (Å²) in [6.45, 7) is 3.72. The van der Waals surface area contributed by atoms with Gasteiger partial charge in [-0.25, -0.2) is 13.4 Å². The quantitative estimate of drug-likeness (QED) is 0.426. The van der Waals surface area contributed by atoms with Crippen LogP contribution in [0.3, 0.4) is 0 Å². The molecule has 0 N–H and O–H groups in total. The number of rotatable bonds is 6. The molecule has 0 spiro atoms. The largest absolute Gasteiger partial charge is 0.439 e. The molecule has 0 bridgehead atoms. The van der Waals surface area contributed by atoms with Crippen LogP contribution >= 0.6 is 0 Å². The van der Waals surface area contributed by atoms with Gasteiger partial charge in [0.2, 0.25) is 15.9 Å². The Labute approximate surface area is 180 Å². The molecule has 1 aliphatic rings. The van der Waals surface area contributed by atoms with Crippen molar-refractivity contribution in [2.45, 2.75) is 18.4 Å². The zero-order valence-electron chi connectivity index (χ0n) is 17.0. The standard InChI is InChI=1S/C21H22N4O5S/c1-16-7-8-18(25(26)27)13-20(16)31(28,29)24-11-9-23(10-12-24)15-21-22-14-19(30-21)17-5-3-2-4-6-17/h2-8,13-14H,9-12,15H2,1H3. The number of aromatic nitrogens is 1. The van der Waals surface area contributed by atoms with E-state index in [0.717, 1.165) is 11.6 Å². The van der Waals surface area contributed by atoms with Crippen molar-refractivity contribution in [2.75, 3.05) is 26.2 Å². The Morgan fingerprint density at radius 1 is 1.10 bits per heavy atom. The van der Waals surface area contributed by atoms with E-state index in [1.165, 1.54) is 16.4 Å². The Balaban J connectivity index is 1.41. The minimum absolute atomic E-state index is 0.0182. The fourth-order valence-corrected chi connectivity index (χ4v) is 5.22. The summed E-state index contributed by atoms with van der Waals surface area (Å²) in [5.74, 6) is 1.27. The molecule has 1 aromatic heterocycles. The molecule has 0 saturated carbocycles. The average molecular weight is 442 g/mol. The second-order valence-corrected chi connectivity index (χ2v) is 9.28. The van der Waals surface area contributed by atoms with Gasteiger partial charge in [-0.2, -0.15) is 4.31 Å². The first kappa shape index (κ1) is 21.2. The maximum Gasteiger partial charge on any atom is 0.270 e. The second-order valence-electron chi connectivity index (χ2n) is 7.37. The lowest BCUT2D eigenvalue weighted by atomic mass is 10.2. The van der Waals surface area contributed by atoms with Crippen LogP contribution < -0.4 is 0 Å². The van der Waals surface area contributed by atoms with E-state index in [4.69, 9.17) is 4.42 Å². The topological polar surface area (TPSA) is 110 Å². The average Bonchev–Trinajstić information content (AvgIpc) is 3.23. The summed E-state index contributed by atoms with van der Waals surface area (Å²) in [6, 6.07) is 13.6. The first-order chi connectivity index (χ1) is 14.8. The van der Waals surface area contributed by atoms with Gasteiger partial charge in [0, 0.05) is 43.9 Å². The fourth-order valence-electron chi connectivity index (χ4n) is 3.56. The maximum atomic E-state index is 13.1. The molecule has 2 heterocycles. The van der Waals surface area contributed by atoms with Crippen molar-refractivity contribution in [1.29, 1.82) is 0 Å². The van der Waals surface area contributed by atoms with E-state index in [-0.39, 0.29) is 23.7 Å². The van der Waals surface area contributed by atoms with Crippen molar-refractivity contribution in [1.82, 2.24) is 14.2 Å². The van der Waals surface area contributed by atoms with Crippen LogP contribution in [0.25, 0.3) is 11.3 Å². The summed E-state index contributed by atoms with van der Waals surface area (Å²) in [5.41, 5.74) is 1.20. The lowest BCUT2D eigenvalue weighted by Crippen LogP contribution is -2.48. The number of non-ortho nitro benzene ring substituents is 1. The molecular formula is C21H22N4O5S. The van der Waals surface area contributed by atoms with Gasteiger partial charge in [0.1, 0.15) is 0 Å². The summed E-state index contributed by atoms with van der Waals surface area (Å²) >= 11 is 0.